The molecule has 3 aromatic rings. The molecular weight excluding hydrogens is 412 g/mol. The smallest absolute Gasteiger partial charge is 0.410 e. The molecule has 5 heteroatoms. The maximum absolute atomic E-state index is 12.4. The summed E-state index contributed by atoms with van der Waals surface area (Å²) in [6.45, 7) is 9.20. The Bertz CT molecular complexity index is 1200. The summed E-state index contributed by atoms with van der Waals surface area (Å²) in [5.74, 6) is 0.979. The first-order chi connectivity index (χ1) is 15.7. The summed E-state index contributed by atoms with van der Waals surface area (Å²) in [6, 6.07) is 15.0. The number of aryl methyl sites for hydroxylation is 2. The Morgan fingerprint density at radius 1 is 1.09 bits per heavy atom. The zero-order valence-corrected chi connectivity index (χ0v) is 20.0. The van der Waals surface area contributed by atoms with Crippen LogP contribution >= 0.6 is 0 Å². The number of hydrogen-bond acceptors (Lipinski definition) is 4. The number of amides is 1. The number of carbonyl (C=O) groups excluding carboxylic acids is 1. The quantitative estimate of drug-likeness (QED) is 0.442. The second-order valence-corrected chi connectivity index (χ2v) is 10.4. The molecular formula is C28H32N2O3. The number of carbonyl (C=O) groups is 1. The molecule has 1 fully saturated rings. The van der Waals surface area contributed by atoms with Gasteiger partial charge in [-0.05, 0) is 81.0 Å². The summed E-state index contributed by atoms with van der Waals surface area (Å²) in [4.78, 5) is 18.8. The van der Waals surface area contributed by atoms with Gasteiger partial charge in [0.25, 0.3) is 0 Å². The van der Waals surface area contributed by atoms with Crippen LogP contribution in [0.15, 0.2) is 48.7 Å². The van der Waals surface area contributed by atoms with E-state index in [-0.39, 0.29) is 11.7 Å². The number of nitrogens with zero attached hydrogens (tertiary/aromatic N) is 2. The molecule has 3 heterocycles. The Morgan fingerprint density at radius 2 is 1.88 bits per heavy atom. The molecule has 1 saturated heterocycles. The number of rotatable bonds is 1. The van der Waals surface area contributed by atoms with E-state index < -0.39 is 5.60 Å². The molecule has 1 aromatic heterocycles. The van der Waals surface area contributed by atoms with Gasteiger partial charge >= 0.3 is 6.09 Å². The fourth-order valence-corrected chi connectivity index (χ4v) is 5.07. The van der Waals surface area contributed by atoms with Crippen LogP contribution in [0.2, 0.25) is 0 Å². The maximum Gasteiger partial charge on any atom is 0.410 e. The van der Waals surface area contributed by atoms with Crippen LogP contribution in [0.3, 0.4) is 0 Å². The third-order valence-corrected chi connectivity index (χ3v) is 6.90. The molecule has 0 saturated carbocycles. The van der Waals surface area contributed by atoms with Gasteiger partial charge in [0.15, 0.2) is 0 Å². The Morgan fingerprint density at radius 3 is 2.64 bits per heavy atom. The van der Waals surface area contributed by atoms with Gasteiger partial charge in [-0.1, -0.05) is 24.3 Å². The Balaban J connectivity index is 1.32. The van der Waals surface area contributed by atoms with Crippen molar-refractivity contribution in [3.8, 4) is 16.9 Å². The minimum atomic E-state index is -0.469. The molecule has 33 heavy (non-hydrogen) atoms. The average molecular weight is 445 g/mol. The van der Waals surface area contributed by atoms with Gasteiger partial charge in [-0.25, -0.2) is 4.79 Å². The SMILES string of the molecule is Cc1c(-c2ccc3c(c2)CCC2(CCN(C(=O)OC(C)(C)C)CC2)O3)ccc2cccnc12. The molecule has 0 aliphatic carbocycles. The number of piperidine rings is 1. The normalized spacial score (nSPS) is 17.5. The van der Waals surface area contributed by atoms with Gasteiger partial charge in [-0.2, -0.15) is 0 Å². The molecule has 5 nitrogen and oxygen atoms in total. The monoisotopic (exact) mass is 444 g/mol. The molecule has 0 atom stereocenters. The zero-order chi connectivity index (χ0) is 23.2. The lowest BCUT2D eigenvalue weighted by Gasteiger charge is -2.44. The minimum Gasteiger partial charge on any atom is -0.487 e. The lowest BCUT2D eigenvalue weighted by atomic mass is 9.82. The molecule has 2 aliphatic heterocycles. The van der Waals surface area contributed by atoms with E-state index in [1.807, 2.05) is 37.9 Å². The van der Waals surface area contributed by atoms with E-state index in [4.69, 9.17) is 9.47 Å². The van der Waals surface area contributed by atoms with Crippen molar-refractivity contribution >= 4 is 17.0 Å². The van der Waals surface area contributed by atoms with Gasteiger partial charge in [-0.15, -0.1) is 0 Å². The third-order valence-electron chi connectivity index (χ3n) is 6.90. The van der Waals surface area contributed by atoms with Crippen LogP contribution in [-0.2, 0) is 11.2 Å². The first kappa shape index (κ1) is 21.7. The molecule has 0 radical (unpaired) electrons. The predicted molar refractivity (Wildman–Crippen MR) is 131 cm³/mol. The topological polar surface area (TPSA) is 51.7 Å². The molecule has 2 aromatic carbocycles. The fraction of sp³-hybridized carbons (Fsp3) is 0.429. The second kappa shape index (κ2) is 8.05. The number of benzene rings is 2. The van der Waals surface area contributed by atoms with Crippen molar-refractivity contribution in [3.05, 3.63) is 59.8 Å². The van der Waals surface area contributed by atoms with Crippen LogP contribution in [0.25, 0.3) is 22.0 Å². The number of pyridine rings is 1. The van der Waals surface area contributed by atoms with Gasteiger partial charge in [0.05, 0.1) is 5.52 Å². The second-order valence-electron chi connectivity index (χ2n) is 10.4. The highest BCUT2D eigenvalue weighted by Crippen LogP contribution is 2.41. The van der Waals surface area contributed by atoms with Crippen LogP contribution < -0.4 is 4.74 Å². The van der Waals surface area contributed by atoms with Crippen molar-refractivity contribution in [1.82, 2.24) is 9.88 Å². The van der Waals surface area contributed by atoms with E-state index in [1.54, 1.807) is 0 Å². The summed E-state index contributed by atoms with van der Waals surface area (Å²) >= 11 is 0. The van der Waals surface area contributed by atoms with Gasteiger partial charge in [-0.3, -0.25) is 4.98 Å². The fourth-order valence-electron chi connectivity index (χ4n) is 5.07. The van der Waals surface area contributed by atoms with Crippen molar-refractivity contribution in [1.29, 1.82) is 0 Å². The molecule has 1 amide bonds. The molecule has 0 unspecified atom stereocenters. The van der Waals surface area contributed by atoms with E-state index in [9.17, 15) is 4.79 Å². The summed E-state index contributed by atoms with van der Waals surface area (Å²) in [5.41, 5.74) is 5.29. The minimum absolute atomic E-state index is 0.185. The van der Waals surface area contributed by atoms with Gasteiger partial charge in [0, 0.05) is 37.5 Å². The van der Waals surface area contributed by atoms with E-state index in [0.717, 1.165) is 36.9 Å². The van der Waals surface area contributed by atoms with E-state index >= 15 is 0 Å². The zero-order valence-electron chi connectivity index (χ0n) is 20.0. The highest BCUT2D eigenvalue weighted by atomic mass is 16.6. The van der Waals surface area contributed by atoms with Crippen LogP contribution in [-0.4, -0.2) is 40.3 Å². The molecule has 172 valence electrons. The van der Waals surface area contributed by atoms with E-state index in [0.29, 0.717) is 13.1 Å². The number of fused-ring (bicyclic) bond motifs is 2. The molecule has 2 aliphatic rings. The van der Waals surface area contributed by atoms with Crippen molar-refractivity contribution in [2.75, 3.05) is 13.1 Å². The Kier molecular flexibility index (Phi) is 5.31. The number of hydrogen-bond donors (Lipinski definition) is 0. The predicted octanol–water partition coefficient (Wildman–Crippen LogP) is 6.30. The highest BCUT2D eigenvalue weighted by molar-refractivity contribution is 5.88. The molecule has 0 bridgehead atoms. The summed E-state index contributed by atoms with van der Waals surface area (Å²) in [7, 11) is 0. The van der Waals surface area contributed by atoms with Crippen molar-refractivity contribution in [3.63, 3.8) is 0 Å². The number of likely N-dealkylation sites (tertiary alicyclic amines) is 1. The summed E-state index contributed by atoms with van der Waals surface area (Å²) < 4.78 is 12.1. The maximum atomic E-state index is 12.4. The first-order valence-corrected chi connectivity index (χ1v) is 11.9. The van der Waals surface area contributed by atoms with Gasteiger partial charge in [0.2, 0.25) is 0 Å². The number of ether oxygens (including phenoxy) is 2. The van der Waals surface area contributed by atoms with Crippen LogP contribution in [0.4, 0.5) is 4.79 Å². The summed E-state index contributed by atoms with van der Waals surface area (Å²) in [5, 5.41) is 1.17. The molecule has 0 N–H and O–H groups in total. The molecule has 5 rings (SSSR count). The lowest BCUT2D eigenvalue weighted by Crippen LogP contribution is -2.52. The molecule has 1 spiro atoms. The van der Waals surface area contributed by atoms with Crippen LogP contribution in [0, 0.1) is 6.92 Å². The first-order valence-electron chi connectivity index (χ1n) is 11.9. The van der Waals surface area contributed by atoms with Gasteiger partial charge in [0.1, 0.15) is 17.0 Å². The standard InChI is InChI=1S/C28H32N2O3/c1-19-23(9-7-20-6-5-15-29-25(19)20)21-8-10-24-22(18-21)11-12-28(32-24)13-16-30(17-14-28)26(31)33-27(2,3)4/h5-10,15,18H,11-14,16-17H2,1-4H3. The third kappa shape index (κ3) is 4.29. The van der Waals surface area contributed by atoms with E-state index in [1.165, 1.54) is 27.6 Å². The lowest BCUT2D eigenvalue weighted by molar-refractivity contribution is -0.0272. The van der Waals surface area contributed by atoms with Crippen LogP contribution in [0.5, 0.6) is 5.75 Å². The summed E-state index contributed by atoms with van der Waals surface area (Å²) in [6.07, 6.45) is 5.27. The number of aromatic nitrogens is 1. The highest BCUT2D eigenvalue weighted by Gasteiger charge is 2.41. The van der Waals surface area contributed by atoms with Crippen molar-refractivity contribution in [2.24, 2.45) is 0 Å². The van der Waals surface area contributed by atoms with Crippen molar-refractivity contribution < 1.29 is 14.3 Å². The largest absolute Gasteiger partial charge is 0.487 e. The van der Waals surface area contributed by atoms with Gasteiger partial charge < -0.3 is 14.4 Å². The van der Waals surface area contributed by atoms with Crippen molar-refractivity contribution in [2.45, 2.75) is 64.6 Å². The Labute approximate surface area is 195 Å². The van der Waals surface area contributed by atoms with E-state index in [2.05, 4.69) is 48.3 Å². The van der Waals surface area contributed by atoms with Crippen LogP contribution in [0.1, 0.15) is 51.2 Å². The average Bonchev–Trinajstić information content (AvgIpc) is 2.79. The Hall–Kier alpha value is -3.08.